The topological polar surface area (TPSA) is 41.6 Å². The van der Waals surface area contributed by atoms with E-state index < -0.39 is 8.32 Å². The minimum Gasteiger partial charge on any atom is -0.415 e. The van der Waals surface area contributed by atoms with E-state index >= 15 is 0 Å². The van der Waals surface area contributed by atoms with Gasteiger partial charge in [0.1, 0.15) is 6.04 Å². The highest BCUT2D eigenvalue weighted by atomic mass is 28.4. The fourth-order valence-corrected chi connectivity index (χ4v) is 5.66. The van der Waals surface area contributed by atoms with E-state index in [4.69, 9.17) is 4.43 Å². The number of nitrogens with one attached hydrogen (secondary N) is 1. The Labute approximate surface area is 223 Å². The van der Waals surface area contributed by atoms with Crippen LogP contribution in [-0.4, -0.2) is 40.0 Å². The van der Waals surface area contributed by atoms with Crippen molar-refractivity contribution in [3.63, 3.8) is 0 Å². The lowest BCUT2D eigenvalue weighted by molar-refractivity contribution is -0.124. The van der Waals surface area contributed by atoms with Crippen LogP contribution in [0.3, 0.4) is 0 Å². The van der Waals surface area contributed by atoms with Crippen molar-refractivity contribution in [1.82, 2.24) is 5.32 Å². The zero-order chi connectivity index (χ0) is 26.9. The molecule has 0 fully saturated rings. The quantitative estimate of drug-likeness (QED) is 0.203. The Morgan fingerprint density at radius 1 is 1.14 bits per heavy atom. The van der Waals surface area contributed by atoms with Crippen LogP contribution in [-0.2, 0) is 15.6 Å². The zero-order valence-electron chi connectivity index (χ0n) is 24.6. The number of anilines is 1. The molecule has 202 valence electrons. The molecule has 0 aromatic heterocycles. The molecule has 0 saturated carbocycles. The van der Waals surface area contributed by atoms with Crippen LogP contribution in [0.2, 0.25) is 18.1 Å². The number of unbranched alkanes of at least 4 members (excludes halogenated alkanes) is 6. The fourth-order valence-electron chi connectivity index (χ4n) is 4.61. The van der Waals surface area contributed by atoms with Crippen LogP contribution in [0.4, 0.5) is 5.69 Å². The normalized spacial score (nSPS) is 18.7. The number of amides is 1. The molecule has 1 heterocycles. The third-order valence-corrected chi connectivity index (χ3v) is 12.4. The van der Waals surface area contributed by atoms with Gasteiger partial charge in [0.05, 0.1) is 12.6 Å². The largest absolute Gasteiger partial charge is 0.415 e. The van der Waals surface area contributed by atoms with Gasteiger partial charge in [-0.05, 0) is 54.6 Å². The minimum atomic E-state index is -1.90. The number of carbonyl (C=O) groups is 1. The number of likely N-dealkylation sites (N-methyl/N-ethyl adjacent to an activating group) is 1. The van der Waals surface area contributed by atoms with E-state index in [9.17, 15) is 4.79 Å². The summed E-state index contributed by atoms with van der Waals surface area (Å²) in [6.45, 7) is 18.3. The number of carbonyl (C=O) groups excluding carboxylic acids is 1. The van der Waals surface area contributed by atoms with Crippen molar-refractivity contribution in [2.24, 2.45) is 5.92 Å². The molecular formula is C31H52N2O2Si. The minimum absolute atomic E-state index is 0.0371. The van der Waals surface area contributed by atoms with E-state index in [0.29, 0.717) is 6.61 Å². The maximum atomic E-state index is 13.4. The third kappa shape index (κ3) is 8.66. The first kappa shape index (κ1) is 30.5. The molecule has 0 saturated heterocycles. The standard InChI is InChI=1S/C31H52N2O2Si/c1-10-11-12-13-14-15-16-17-18-25-19-20-26-22-27(23-35-36(8,9)31(4,5)6)32-30(34)29(24(2)3)33(7)28(26)21-25/h19-21,24,27,29H,10-16,22-23H2,1-9H3,(H,32,34)/t27-,29-/m0/s1. The summed E-state index contributed by atoms with van der Waals surface area (Å²) in [6.07, 6.45) is 9.44. The van der Waals surface area contributed by atoms with Gasteiger partial charge in [0.2, 0.25) is 5.91 Å². The van der Waals surface area contributed by atoms with Crippen LogP contribution in [0, 0.1) is 17.8 Å². The maximum Gasteiger partial charge on any atom is 0.243 e. The summed E-state index contributed by atoms with van der Waals surface area (Å²) in [7, 11) is 0.140. The molecule has 1 N–H and O–H groups in total. The molecule has 0 unspecified atom stereocenters. The molecule has 1 aromatic carbocycles. The first-order chi connectivity index (χ1) is 16.9. The summed E-state index contributed by atoms with van der Waals surface area (Å²) in [5.74, 6) is 7.04. The first-order valence-corrected chi connectivity index (χ1v) is 17.1. The lowest BCUT2D eigenvalue weighted by Gasteiger charge is -2.40. The molecule has 2 rings (SSSR count). The second-order valence-electron chi connectivity index (χ2n) is 12.4. The van der Waals surface area contributed by atoms with E-state index in [1.165, 1.54) is 44.1 Å². The molecule has 0 bridgehead atoms. The van der Waals surface area contributed by atoms with Crippen LogP contribution in [0.5, 0.6) is 0 Å². The summed E-state index contributed by atoms with van der Waals surface area (Å²) in [6, 6.07) is 6.26. The van der Waals surface area contributed by atoms with Crippen LogP contribution < -0.4 is 10.2 Å². The molecule has 0 spiro atoms. The Bertz CT molecular complexity index is 907. The predicted molar refractivity (Wildman–Crippen MR) is 157 cm³/mol. The lowest BCUT2D eigenvalue weighted by atomic mass is 9.94. The molecule has 5 heteroatoms. The van der Waals surface area contributed by atoms with Crippen LogP contribution in [0.15, 0.2) is 18.2 Å². The molecule has 4 nitrogen and oxygen atoms in total. The Balaban J connectivity index is 2.21. The van der Waals surface area contributed by atoms with E-state index in [2.05, 4.69) is 94.9 Å². The van der Waals surface area contributed by atoms with E-state index in [1.807, 2.05) is 7.05 Å². The smallest absolute Gasteiger partial charge is 0.243 e. The SMILES string of the molecule is CCCCCCCCC#Cc1ccc2c(c1)N(C)[C@@H](C(C)C)C(=O)N[C@H](CO[Si](C)(C)C(C)(C)C)C2. The Kier molecular flexibility index (Phi) is 11.6. The van der Waals surface area contributed by atoms with Gasteiger partial charge < -0.3 is 14.6 Å². The second-order valence-corrected chi connectivity index (χ2v) is 17.3. The highest BCUT2D eigenvalue weighted by Gasteiger charge is 2.39. The predicted octanol–water partition coefficient (Wildman–Crippen LogP) is 7.31. The van der Waals surface area contributed by atoms with Gasteiger partial charge in [-0.25, -0.2) is 0 Å². The van der Waals surface area contributed by atoms with Gasteiger partial charge in [-0.1, -0.05) is 91.6 Å². The van der Waals surface area contributed by atoms with E-state index in [0.717, 1.165) is 24.1 Å². The van der Waals surface area contributed by atoms with Crippen molar-refractivity contribution >= 4 is 19.9 Å². The Hall–Kier alpha value is -1.77. The van der Waals surface area contributed by atoms with Crippen molar-refractivity contribution < 1.29 is 9.22 Å². The second kappa shape index (κ2) is 13.7. The van der Waals surface area contributed by atoms with Crippen molar-refractivity contribution in [1.29, 1.82) is 0 Å². The van der Waals surface area contributed by atoms with Crippen LogP contribution >= 0.6 is 0 Å². The summed E-state index contributed by atoms with van der Waals surface area (Å²) < 4.78 is 6.53. The van der Waals surface area contributed by atoms with Gasteiger partial charge >= 0.3 is 0 Å². The summed E-state index contributed by atoms with van der Waals surface area (Å²) >= 11 is 0. The number of rotatable bonds is 10. The highest BCUT2D eigenvalue weighted by Crippen LogP contribution is 2.37. The molecular weight excluding hydrogens is 460 g/mol. The molecule has 0 aliphatic carbocycles. The summed E-state index contributed by atoms with van der Waals surface area (Å²) in [5.41, 5.74) is 3.39. The Morgan fingerprint density at radius 3 is 2.44 bits per heavy atom. The van der Waals surface area contributed by atoms with Crippen molar-refractivity contribution in [3.8, 4) is 11.8 Å². The maximum absolute atomic E-state index is 13.4. The average molecular weight is 513 g/mol. The molecule has 1 aliphatic rings. The average Bonchev–Trinajstić information content (AvgIpc) is 2.78. The van der Waals surface area contributed by atoms with E-state index in [1.54, 1.807) is 0 Å². The van der Waals surface area contributed by atoms with Crippen molar-refractivity contribution in [2.45, 2.75) is 123 Å². The fraction of sp³-hybridized carbons (Fsp3) is 0.710. The molecule has 0 radical (unpaired) electrons. The summed E-state index contributed by atoms with van der Waals surface area (Å²) in [4.78, 5) is 15.5. The number of benzene rings is 1. The van der Waals surface area contributed by atoms with Crippen LogP contribution in [0.1, 0.15) is 97.6 Å². The van der Waals surface area contributed by atoms with Gasteiger partial charge in [0.15, 0.2) is 8.32 Å². The lowest BCUT2D eigenvalue weighted by Crippen LogP contribution is -2.55. The van der Waals surface area contributed by atoms with E-state index in [-0.39, 0.29) is 28.9 Å². The monoisotopic (exact) mass is 512 g/mol. The molecule has 1 aromatic rings. The van der Waals surface area contributed by atoms with Gasteiger partial charge in [0, 0.05) is 24.7 Å². The number of hydrogen-bond acceptors (Lipinski definition) is 3. The molecule has 2 atom stereocenters. The number of nitrogens with zero attached hydrogens (tertiary/aromatic N) is 1. The summed E-state index contributed by atoms with van der Waals surface area (Å²) in [5, 5.41) is 3.45. The molecule has 1 aliphatic heterocycles. The Morgan fingerprint density at radius 2 is 1.81 bits per heavy atom. The number of fused-ring (bicyclic) bond motifs is 1. The molecule has 1 amide bonds. The zero-order valence-corrected chi connectivity index (χ0v) is 25.6. The first-order valence-electron chi connectivity index (χ1n) is 14.2. The van der Waals surface area contributed by atoms with Gasteiger partial charge in [-0.3, -0.25) is 4.79 Å². The van der Waals surface area contributed by atoms with Crippen molar-refractivity contribution in [3.05, 3.63) is 29.3 Å². The molecule has 36 heavy (non-hydrogen) atoms. The van der Waals surface area contributed by atoms with Gasteiger partial charge in [-0.2, -0.15) is 0 Å². The van der Waals surface area contributed by atoms with Gasteiger partial charge in [0.25, 0.3) is 0 Å². The number of hydrogen-bond donors (Lipinski definition) is 1. The van der Waals surface area contributed by atoms with Gasteiger partial charge in [-0.15, -0.1) is 0 Å². The third-order valence-electron chi connectivity index (χ3n) is 7.93. The highest BCUT2D eigenvalue weighted by molar-refractivity contribution is 6.74. The van der Waals surface area contributed by atoms with Crippen LogP contribution in [0.25, 0.3) is 0 Å². The van der Waals surface area contributed by atoms with Crippen molar-refractivity contribution in [2.75, 3.05) is 18.6 Å².